The molecule has 2 aromatic carbocycles. The quantitative estimate of drug-likeness (QED) is 0.800. The fraction of sp³-hybridized carbons (Fsp3) is 0.391. The van der Waals surface area contributed by atoms with Gasteiger partial charge < -0.3 is 14.5 Å². The fourth-order valence-electron chi connectivity index (χ4n) is 4.13. The number of anilines is 1. The maximum atomic E-state index is 13.4. The third kappa shape index (κ3) is 3.61. The Bertz CT molecular complexity index is 882. The second-order valence-electron chi connectivity index (χ2n) is 7.75. The highest BCUT2D eigenvalue weighted by atomic mass is 16.5. The van der Waals surface area contributed by atoms with Gasteiger partial charge in [-0.25, -0.2) is 0 Å². The van der Waals surface area contributed by atoms with Crippen LogP contribution in [0, 0.1) is 13.8 Å². The molecule has 2 aliphatic rings. The average molecular weight is 378 g/mol. The number of para-hydroxylation sites is 2. The van der Waals surface area contributed by atoms with Crippen molar-refractivity contribution in [1.29, 1.82) is 0 Å². The first kappa shape index (κ1) is 18.5. The lowest BCUT2D eigenvalue weighted by Gasteiger charge is -2.37. The van der Waals surface area contributed by atoms with Gasteiger partial charge in [0.15, 0.2) is 6.10 Å². The Balaban J connectivity index is 1.65. The summed E-state index contributed by atoms with van der Waals surface area (Å²) in [6, 6.07) is 13.3. The van der Waals surface area contributed by atoms with Gasteiger partial charge in [-0.3, -0.25) is 9.59 Å². The molecule has 2 aromatic rings. The molecular formula is C23H26N2O3. The van der Waals surface area contributed by atoms with Crippen LogP contribution in [0.25, 0.3) is 0 Å². The predicted octanol–water partition coefficient (Wildman–Crippen LogP) is 3.72. The molecule has 1 saturated heterocycles. The molecule has 4 rings (SSSR count). The Labute approximate surface area is 165 Å². The number of carbonyl (C=O) groups is 2. The summed E-state index contributed by atoms with van der Waals surface area (Å²) in [6.07, 6.45) is 2.55. The fourth-order valence-corrected chi connectivity index (χ4v) is 4.13. The Hall–Kier alpha value is -2.82. The largest absolute Gasteiger partial charge is 0.476 e. The van der Waals surface area contributed by atoms with Gasteiger partial charge in [0, 0.05) is 18.7 Å². The minimum absolute atomic E-state index is 0.0209. The third-order valence-electron chi connectivity index (χ3n) is 5.43. The SMILES string of the molecule is Cc1cc(C)cc(C(=O)N2CC(C(=O)N3CCCCC3)Oc3ccccc32)c1. The smallest absolute Gasteiger partial charge is 0.265 e. The number of benzene rings is 2. The summed E-state index contributed by atoms with van der Waals surface area (Å²) in [5, 5.41) is 0. The van der Waals surface area contributed by atoms with E-state index < -0.39 is 6.10 Å². The number of aryl methyl sites for hydroxylation is 2. The van der Waals surface area contributed by atoms with Gasteiger partial charge >= 0.3 is 0 Å². The van der Waals surface area contributed by atoms with Gasteiger partial charge in [-0.1, -0.05) is 29.3 Å². The first-order chi connectivity index (χ1) is 13.5. The zero-order chi connectivity index (χ0) is 19.7. The molecule has 0 spiro atoms. The molecule has 5 heteroatoms. The van der Waals surface area contributed by atoms with Crippen molar-refractivity contribution in [2.75, 3.05) is 24.5 Å². The van der Waals surface area contributed by atoms with Crippen LogP contribution in [-0.2, 0) is 4.79 Å². The van der Waals surface area contributed by atoms with Crippen molar-refractivity contribution in [2.45, 2.75) is 39.2 Å². The number of amides is 2. The van der Waals surface area contributed by atoms with Gasteiger partial charge in [-0.15, -0.1) is 0 Å². The molecule has 0 N–H and O–H groups in total. The number of nitrogens with zero attached hydrogens (tertiary/aromatic N) is 2. The van der Waals surface area contributed by atoms with Gasteiger partial charge in [-0.2, -0.15) is 0 Å². The molecule has 2 amide bonds. The van der Waals surface area contributed by atoms with E-state index in [1.807, 2.05) is 61.2 Å². The first-order valence-corrected chi connectivity index (χ1v) is 9.97. The van der Waals surface area contributed by atoms with Crippen molar-refractivity contribution < 1.29 is 14.3 Å². The van der Waals surface area contributed by atoms with Gasteiger partial charge in [-0.05, 0) is 57.4 Å². The van der Waals surface area contributed by atoms with E-state index in [-0.39, 0.29) is 18.4 Å². The van der Waals surface area contributed by atoms with Crippen LogP contribution < -0.4 is 9.64 Å². The van der Waals surface area contributed by atoms with Crippen LogP contribution in [0.15, 0.2) is 42.5 Å². The Morgan fingerprint density at radius 1 is 0.964 bits per heavy atom. The van der Waals surface area contributed by atoms with E-state index in [4.69, 9.17) is 4.74 Å². The number of likely N-dealkylation sites (tertiary alicyclic amines) is 1. The lowest BCUT2D eigenvalue weighted by Crippen LogP contribution is -2.52. The molecule has 0 bridgehead atoms. The van der Waals surface area contributed by atoms with Crippen molar-refractivity contribution in [3.63, 3.8) is 0 Å². The van der Waals surface area contributed by atoms with Gasteiger partial charge in [0.1, 0.15) is 5.75 Å². The molecule has 0 radical (unpaired) electrons. The molecule has 28 heavy (non-hydrogen) atoms. The maximum absolute atomic E-state index is 13.4. The highest BCUT2D eigenvalue weighted by molar-refractivity contribution is 6.08. The summed E-state index contributed by atoms with van der Waals surface area (Å²) in [6.45, 7) is 5.74. The topological polar surface area (TPSA) is 49.9 Å². The lowest BCUT2D eigenvalue weighted by atomic mass is 10.0. The van der Waals surface area contributed by atoms with E-state index >= 15 is 0 Å². The van der Waals surface area contributed by atoms with Crippen molar-refractivity contribution in [3.8, 4) is 5.75 Å². The van der Waals surface area contributed by atoms with Crippen molar-refractivity contribution in [2.24, 2.45) is 0 Å². The van der Waals surface area contributed by atoms with Crippen LogP contribution >= 0.6 is 0 Å². The number of carbonyl (C=O) groups excluding carboxylic acids is 2. The van der Waals surface area contributed by atoms with E-state index in [2.05, 4.69) is 0 Å². The summed E-state index contributed by atoms with van der Waals surface area (Å²) >= 11 is 0. The summed E-state index contributed by atoms with van der Waals surface area (Å²) < 4.78 is 6.03. The minimum atomic E-state index is -0.664. The Morgan fingerprint density at radius 2 is 1.64 bits per heavy atom. The molecule has 0 aliphatic carbocycles. The van der Waals surface area contributed by atoms with Crippen LogP contribution in [0.4, 0.5) is 5.69 Å². The Kier molecular flexibility index (Phi) is 5.07. The monoisotopic (exact) mass is 378 g/mol. The van der Waals surface area contributed by atoms with E-state index in [9.17, 15) is 9.59 Å². The average Bonchev–Trinajstić information content (AvgIpc) is 2.71. The van der Waals surface area contributed by atoms with E-state index in [0.717, 1.165) is 43.5 Å². The molecule has 0 saturated carbocycles. The highest BCUT2D eigenvalue weighted by Crippen LogP contribution is 2.35. The highest BCUT2D eigenvalue weighted by Gasteiger charge is 2.36. The number of ether oxygens (including phenoxy) is 1. The van der Waals surface area contributed by atoms with E-state index in [1.165, 1.54) is 0 Å². The molecule has 1 fully saturated rings. The van der Waals surface area contributed by atoms with Crippen LogP contribution in [0.3, 0.4) is 0 Å². The number of fused-ring (bicyclic) bond motifs is 1. The third-order valence-corrected chi connectivity index (χ3v) is 5.43. The molecule has 2 heterocycles. The number of rotatable bonds is 2. The standard InChI is InChI=1S/C23H26N2O3/c1-16-12-17(2)14-18(13-16)22(26)25-15-21(23(27)24-10-6-3-7-11-24)28-20-9-5-4-8-19(20)25/h4-5,8-9,12-14,21H,3,6-7,10-11,15H2,1-2H3. The Morgan fingerprint density at radius 3 is 2.36 bits per heavy atom. The molecule has 2 aliphatic heterocycles. The van der Waals surface area contributed by atoms with Crippen molar-refractivity contribution >= 4 is 17.5 Å². The van der Waals surface area contributed by atoms with E-state index in [0.29, 0.717) is 17.0 Å². The van der Waals surface area contributed by atoms with Gasteiger partial charge in [0.25, 0.3) is 11.8 Å². The number of hydrogen-bond donors (Lipinski definition) is 0. The summed E-state index contributed by atoms with van der Waals surface area (Å²) in [5.74, 6) is 0.466. The zero-order valence-electron chi connectivity index (χ0n) is 16.5. The predicted molar refractivity (Wildman–Crippen MR) is 109 cm³/mol. The maximum Gasteiger partial charge on any atom is 0.265 e. The lowest BCUT2D eigenvalue weighted by molar-refractivity contribution is -0.139. The molecule has 1 atom stereocenters. The number of piperidine rings is 1. The van der Waals surface area contributed by atoms with Crippen LogP contribution in [0.1, 0.15) is 40.7 Å². The molecule has 146 valence electrons. The first-order valence-electron chi connectivity index (χ1n) is 9.97. The normalized spacial score (nSPS) is 19.0. The molecule has 0 aromatic heterocycles. The van der Waals surface area contributed by atoms with Crippen LogP contribution in [0.5, 0.6) is 5.75 Å². The molecular weight excluding hydrogens is 352 g/mol. The molecule has 1 unspecified atom stereocenters. The zero-order valence-corrected chi connectivity index (χ0v) is 16.5. The van der Waals surface area contributed by atoms with Gasteiger partial charge in [0.05, 0.1) is 12.2 Å². The van der Waals surface area contributed by atoms with Gasteiger partial charge in [0.2, 0.25) is 0 Å². The van der Waals surface area contributed by atoms with Crippen LogP contribution in [-0.4, -0.2) is 42.5 Å². The molecule has 5 nitrogen and oxygen atoms in total. The second kappa shape index (κ2) is 7.66. The summed E-state index contributed by atoms with van der Waals surface area (Å²) in [5.41, 5.74) is 3.45. The summed E-state index contributed by atoms with van der Waals surface area (Å²) in [7, 11) is 0. The second-order valence-corrected chi connectivity index (χ2v) is 7.75. The van der Waals surface area contributed by atoms with Crippen LogP contribution in [0.2, 0.25) is 0 Å². The van der Waals surface area contributed by atoms with Crippen molar-refractivity contribution in [1.82, 2.24) is 4.90 Å². The van der Waals surface area contributed by atoms with E-state index in [1.54, 1.807) is 4.90 Å². The minimum Gasteiger partial charge on any atom is -0.476 e. The van der Waals surface area contributed by atoms with Crippen molar-refractivity contribution in [3.05, 3.63) is 59.2 Å². The number of hydrogen-bond acceptors (Lipinski definition) is 3. The summed E-state index contributed by atoms with van der Waals surface area (Å²) in [4.78, 5) is 30.0.